The zero-order valence-electron chi connectivity index (χ0n) is 13.7. The number of anilines is 1. The first-order chi connectivity index (χ1) is 12.1. The number of rotatable bonds is 6. The average molecular weight is 360 g/mol. The second-order valence-corrected chi connectivity index (χ2v) is 5.45. The fourth-order valence-electron chi connectivity index (χ4n) is 1.83. The van der Waals surface area contributed by atoms with Crippen molar-refractivity contribution in [2.24, 2.45) is 5.10 Å². The van der Waals surface area contributed by atoms with Gasteiger partial charge in [-0.15, -0.1) is 0 Å². The molecule has 0 saturated heterocycles. The van der Waals surface area contributed by atoms with E-state index in [1.54, 1.807) is 48.5 Å². The van der Waals surface area contributed by atoms with E-state index in [9.17, 15) is 9.59 Å². The van der Waals surface area contributed by atoms with Gasteiger partial charge in [-0.3, -0.25) is 9.59 Å². The normalized spacial score (nSPS) is 10.5. The number of hydrogen-bond donors (Lipinski definition) is 2. The molecule has 2 aromatic carbocycles. The van der Waals surface area contributed by atoms with Gasteiger partial charge in [0.1, 0.15) is 5.75 Å². The van der Waals surface area contributed by atoms with Crippen LogP contribution in [0, 0.1) is 0 Å². The van der Waals surface area contributed by atoms with Crippen molar-refractivity contribution in [3.05, 3.63) is 59.1 Å². The Morgan fingerprint density at radius 1 is 1.12 bits per heavy atom. The SMILES string of the molecule is CCCOc1ccc(NC(=O)C(=O)N/N=C\c2ccccc2Cl)cc1. The summed E-state index contributed by atoms with van der Waals surface area (Å²) < 4.78 is 5.45. The molecule has 0 radical (unpaired) electrons. The van der Waals surface area contributed by atoms with Gasteiger partial charge < -0.3 is 10.1 Å². The molecule has 0 atom stereocenters. The third kappa shape index (κ3) is 5.93. The van der Waals surface area contributed by atoms with Gasteiger partial charge in [-0.05, 0) is 36.8 Å². The van der Waals surface area contributed by atoms with Crippen LogP contribution in [0.5, 0.6) is 5.75 Å². The number of amides is 2. The molecule has 130 valence electrons. The Bertz CT molecular complexity index is 760. The molecule has 0 saturated carbocycles. The molecule has 25 heavy (non-hydrogen) atoms. The maximum absolute atomic E-state index is 11.8. The quantitative estimate of drug-likeness (QED) is 0.472. The van der Waals surface area contributed by atoms with E-state index < -0.39 is 11.8 Å². The molecular weight excluding hydrogens is 342 g/mol. The summed E-state index contributed by atoms with van der Waals surface area (Å²) in [4.78, 5) is 23.6. The van der Waals surface area contributed by atoms with Gasteiger partial charge in [0, 0.05) is 16.3 Å². The van der Waals surface area contributed by atoms with Gasteiger partial charge in [-0.25, -0.2) is 5.43 Å². The van der Waals surface area contributed by atoms with Crippen molar-refractivity contribution in [1.29, 1.82) is 0 Å². The Kier molecular flexibility index (Phi) is 6.98. The van der Waals surface area contributed by atoms with Gasteiger partial charge in [-0.2, -0.15) is 5.10 Å². The molecule has 0 aliphatic heterocycles. The molecular formula is C18H18ClN3O3. The summed E-state index contributed by atoms with van der Waals surface area (Å²) in [5.41, 5.74) is 3.27. The minimum Gasteiger partial charge on any atom is -0.494 e. The van der Waals surface area contributed by atoms with Crippen LogP contribution < -0.4 is 15.5 Å². The molecule has 0 aliphatic carbocycles. The van der Waals surface area contributed by atoms with E-state index in [2.05, 4.69) is 15.8 Å². The summed E-state index contributed by atoms with van der Waals surface area (Å²) >= 11 is 5.96. The fourth-order valence-corrected chi connectivity index (χ4v) is 2.02. The van der Waals surface area contributed by atoms with E-state index in [-0.39, 0.29) is 0 Å². The lowest BCUT2D eigenvalue weighted by atomic mass is 10.2. The zero-order chi connectivity index (χ0) is 18.1. The smallest absolute Gasteiger partial charge is 0.329 e. The first kappa shape index (κ1) is 18.5. The molecule has 0 aromatic heterocycles. The Morgan fingerprint density at radius 2 is 1.84 bits per heavy atom. The highest BCUT2D eigenvalue weighted by Crippen LogP contribution is 2.16. The summed E-state index contributed by atoms with van der Waals surface area (Å²) in [6.07, 6.45) is 2.28. The van der Waals surface area contributed by atoms with Crippen molar-refractivity contribution in [2.45, 2.75) is 13.3 Å². The second-order valence-electron chi connectivity index (χ2n) is 5.05. The summed E-state index contributed by atoms with van der Waals surface area (Å²) in [5.74, 6) is -0.998. The number of nitrogens with one attached hydrogen (secondary N) is 2. The average Bonchev–Trinajstić information content (AvgIpc) is 2.62. The van der Waals surface area contributed by atoms with Crippen molar-refractivity contribution in [3.8, 4) is 5.75 Å². The zero-order valence-corrected chi connectivity index (χ0v) is 14.4. The minimum absolute atomic E-state index is 0.485. The standard InChI is InChI=1S/C18H18ClN3O3/c1-2-11-25-15-9-7-14(8-10-15)21-17(23)18(24)22-20-12-13-5-3-4-6-16(13)19/h3-10,12H,2,11H2,1H3,(H,21,23)(H,22,24)/b20-12-. The maximum atomic E-state index is 11.8. The summed E-state index contributed by atoms with van der Waals surface area (Å²) in [6, 6.07) is 13.8. The lowest BCUT2D eigenvalue weighted by molar-refractivity contribution is -0.136. The Balaban J connectivity index is 1.85. The number of hydrogen-bond acceptors (Lipinski definition) is 4. The maximum Gasteiger partial charge on any atom is 0.329 e. The van der Waals surface area contributed by atoms with E-state index in [1.165, 1.54) is 6.21 Å². The Morgan fingerprint density at radius 3 is 2.52 bits per heavy atom. The highest BCUT2D eigenvalue weighted by molar-refractivity contribution is 6.39. The highest BCUT2D eigenvalue weighted by atomic mass is 35.5. The van der Waals surface area contributed by atoms with Gasteiger partial charge >= 0.3 is 11.8 Å². The van der Waals surface area contributed by atoms with Gasteiger partial charge in [0.15, 0.2) is 0 Å². The van der Waals surface area contributed by atoms with E-state index in [1.807, 2.05) is 6.92 Å². The summed E-state index contributed by atoms with van der Waals surface area (Å²) in [6.45, 7) is 2.64. The van der Waals surface area contributed by atoms with E-state index in [4.69, 9.17) is 16.3 Å². The molecule has 2 N–H and O–H groups in total. The number of benzene rings is 2. The van der Waals surface area contributed by atoms with Crippen molar-refractivity contribution in [2.75, 3.05) is 11.9 Å². The topological polar surface area (TPSA) is 79.8 Å². The molecule has 0 unspecified atom stereocenters. The molecule has 0 bridgehead atoms. The first-order valence-corrected chi connectivity index (χ1v) is 8.09. The number of carbonyl (C=O) groups is 2. The summed E-state index contributed by atoms with van der Waals surface area (Å²) in [7, 11) is 0. The number of ether oxygens (including phenoxy) is 1. The fraction of sp³-hybridized carbons (Fsp3) is 0.167. The van der Waals surface area contributed by atoms with Crippen molar-refractivity contribution >= 4 is 35.3 Å². The first-order valence-electron chi connectivity index (χ1n) is 7.72. The Labute approximate surface area is 150 Å². The third-order valence-electron chi connectivity index (χ3n) is 3.07. The lowest BCUT2D eigenvalue weighted by Crippen LogP contribution is -2.32. The molecule has 0 fully saturated rings. The molecule has 7 heteroatoms. The highest BCUT2D eigenvalue weighted by Gasteiger charge is 2.12. The minimum atomic E-state index is -0.880. The van der Waals surface area contributed by atoms with Gasteiger partial charge in [0.25, 0.3) is 0 Å². The molecule has 0 aliphatic rings. The van der Waals surface area contributed by atoms with Crippen LogP contribution in [0.2, 0.25) is 5.02 Å². The third-order valence-corrected chi connectivity index (χ3v) is 3.41. The van der Waals surface area contributed by atoms with Crippen molar-refractivity contribution in [3.63, 3.8) is 0 Å². The van der Waals surface area contributed by atoms with Crippen LogP contribution in [0.3, 0.4) is 0 Å². The summed E-state index contributed by atoms with van der Waals surface area (Å²) in [5, 5.41) is 6.70. The van der Waals surface area contributed by atoms with Crippen molar-refractivity contribution in [1.82, 2.24) is 5.43 Å². The molecule has 2 aromatic rings. The van der Waals surface area contributed by atoms with Crippen LogP contribution >= 0.6 is 11.6 Å². The van der Waals surface area contributed by atoms with Gasteiger partial charge in [0.2, 0.25) is 0 Å². The molecule has 2 rings (SSSR count). The van der Waals surface area contributed by atoms with E-state index in [0.29, 0.717) is 28.6 Å². The van der Waals surface area contributed by atoms with E-state index in [0.717, 1.165) is 6.42 Å². The van der Waals surface area contributed by atoms with Crippen molar-refractivity contribution < 1.29 is 14.3 Å². The molecule has 0 spiro atoms. The number of hydrazone groups is 1. The van der Waals surface area contributed by atoms with Crippen LogP contribution in [-0.2, 0) is 9.59 Å². The van der Waals surface area contributed by atoms with Crippen LogP contribution in [0.1, 0.15) is 18.9 Å². The lowest BCUT2D eigenvalue weighted by Gasteiger charge is -2.07. The number of nitrogens with zero attached hydrogens (tertiary/aromatic N) is 1. The Hall–Kier alpha value is -2.86. The molecule has 6 nitrogen and oxygen atoms in total. The monoisotopic (exact) mass is 359 g/mol. The van der Waals surface area contributed by atoms with Crippen LogP contribution in [0.25, 0.3) is 0 Å². The number of halogens is 1. The largest absolute Gasteiger partial charge is 0.494 e. The molecule has 0 heterocycles. The molecule has 2 amide bonds. The predicted octanol–water partition coefficient (Wildman–Crippen LogP) is 3.22. The second kappa shape index (κ2) is 9.44. The van der Waals surface area contributed by atoms with Gasteiger partial charge in [0.05, 0.1) is 12.8 Å². The van der Waals surface area contributed by atoms with Crippen LogP contribution in [0.4, 0.5) is 5.69 Å². The van der Waals surface area contributed by atoms with Crippen LogP contribution in [0.15, 0.2) is 53.6 Å². The number of carbonyl (C=O) groups excluding carboxylic acids is 2. The predicted molar refractivity (Wildman–Crippen MR) is 98.0 cm³/mol. The van der Waals surface area contributed by atoms with Crippen LogP contribution in [-0.4, -0.2) is 24.6 Å². The van der Waals surface area contributed by atoms with Gasteiger partial charge in [-0.1, -0.05) is 36.7 Å². The van der Waals surface area contributed by atoms with E-state index >= 15 is 0 Å².